The van der Waals surface area contributed by atoms with Gasteiger partial charge in [0.15, 0.2) is 0 Å². The molecule has 6 nitrogen and oxygen atoms in total. The zero-order valence-corrected chi connectivity index (χ0v) is 17.4. The van der Waals surface area contributed by atoms with E-state index < -0.39 is 22.3 Å². The Balaban J connectivity index is 0. The van der Waals surface area contributed by atoms with Gasteiger partial charge in [0.25, 0.3) is 10.1 Å². The van der Waals surface area contributed by atoms with Crippen LogP contribution in [0.15, 0.2) is 29.2 Å². The SMILES string of the molecule is C[C@@H]1O[C@H]1C.Cc1ccc(S(=O)(=O)O[C@H](C)[C@H](C)O)cc1.[Na+].[OH-]. The summed E-state index contributed by atoms with van der Waals surface area (Å²) >= 11 is 0. The summed E-state index contributed by atoms with van der Waals surface area (Å²) in [6.45, 7) is 9.01. The van der Waals surface area contributed by atoms with E-state index in [9.17, 15) is 13.5 Å². The van der Waals surface area contributed by atoms with E-state index in [0.29, 0.717) is 12.2 Å². The maximum atomic E-state index is 11.7. The first-order valence-electron chi connectivity index (χ1n) is 6.97. The van der Waals surface area contributed by atoms with Crippen LogP contribution in [0.25, 0.3) is 0 Å². The zero-order chi connectivity index (χ0) is 16.2. The van der Waals surface area contributed by atoms with Crippen molar-refractivity contribution in [2.45, 2.75) is 63.9 Å². The van der Waals surface area contributed by atoms with E-state index in [4.69, 9.17) is 8.92 Å². The van der Waals surface area contributed by atoms with Gasteiger partial charge in [-0.05, 0) is 46.8 Å². The molecule has 0 bridgehead atoms. The van der Waals surface area contributed by atoms with Crippen LogP contribution in [0.5, 0.6) is 0 Å². The van der Waals surface area contributed by atoms with Crippen LogP contribution in [0.1, 0.15) is 33.3 Å². The summed E-state index contributed by atoms with van der Waals surface area (Å²) < 4.78 is 33.2. The van der Waals surface area contributed by atoms with Gasteiger partial charge in [-0.2, -0.15) is 8.42 Å². The van der Waals surface area contributed by atoms with E-state index >= 15 is 0 Å². The summed E-state index contributed by atoms with van der Waals surface area (Å²) in [4.78, 5) is 0.102. The molecule has 0 unspecified atom stereocenters. The number of aliphatic hydroxyl groups excluding tert-OH is 1. The van der Waals surface area contributed by atoms with Crippen LogP contribution in [-0.2, 0) is 19.0 Å². The normalized spacial score (nSPS) is 21.7. The minimum absolute atomic E-state index is 0. The van der Waals surface area contributed by atoms with E-state index in [1.165, 1.54) is 26.0 Å². The van der Waals surface area contributed by atoms with Crippen molar-refractivity contribution in [3.05, 3.63) is 29.8 Å². The molecule has 0 amide bonds. The number of hydrogen-bond donors (Lipinski definition) is 1. The molecule has 1 aromatic rings. The molecular weight excluding hydrogens is 331 g/mol. The number of aryl methyl sites for hydroxylation is 1. The van der Waals surface area contributed by atoms with Crippen molar-refractivity contribution in [2.24, 2.45) is 0 Å². The Labute approximate surface area is 160 Å². The Morgan fingerprint density at radius 3 is 1.83 bits per heavy atom. The topological polar surface area (TPSA) is 106 Å². The molecule has 8 heteroatoms. The average Bonchev–Trinajstić information content (AvgIpc) is 3.03. The summed E-state index contributed by atoms with van der Waals surface area (Å²) in [5.74, 6) is 0. The van der Waals surface area contributed by atoms with Gasteiger partial charge in [-0.25, -0.2) is 0 Å². The van der Waals surface area contributed by atoms with Gasteiger partial charge in [-0.15, -0.1) is 0 Å². The second kappa shape index (κ2) is 10.8. The van der Waals surface area contributed by atoms with Gasteiger partial charge in [0.2, 0.25) is 0 Å². The second-order valence-electron chi connectivity index (χ2n) is 5.36. The third-order valence-corrected chi connectivity index (χ3v) is 4.69. The Bertz CT molecular complexity index is 538. The molecular formula is C15H25NaO6S. The summed E-state index contributed by atoms with van der Waals surface area (Å²) in [6.07, 6.45) is -0.489. The van der Waals surface area contributed by atoms with E-state index in [1.807, 2.05) is 6.92 Å². The van der Waals surface area contributed by atoms with E-state index in [2.05, 4.69) is 13.8 Å². The molecule has 0 aromatic heterocycles. The van der Waals surface area contributed by atoms with Gasteiger partial charge >= 0.3 is 29.6 Å². The van der Waals surface area contributed by atoms with Crippen LogP contribution in [0.3, 0.4) is 0 Å². The molecule has 0 spiro atoms. The van der Waals surface area contributed by atoms with Gasteiger partial charge in [0.1, 0.15) is 6.10 Å². The summed E-state index contributed by atoms with van der Waals surface area (Å²) in [7, 11) is -3.78. The van der Waals surface area contributed by atoms with Crippen molar-refractivity contribution in [1.29, 1.82) is 0 Å². The number of benzene rings is 1. The van der Waals surface area contributed by atoms with Crippen LogP contribution in [-0.4, -0.2) is 43.4 Å². The molecule has 23 heavy (non-hydrogen) atoms. The van der Waals surface area contributed by atoms with Gasteiger partial charge in [0, 0.05) is 0 Å². The third-order valence-electron chi connectivity index (χ3n) is 3.28. The monoisotopic (exact) mass is 356 g/mol. The van der Waals surface area contributed by atoms with Gasteiger partial charge in [0.05, 0.1) is 23.2 Å². The molecule has 0 saturated carbocycles. The molecule has 1 fully saturated rings. The third kappa shape index (κ3) is 9.16. The number of rotatable bonds is 4. The Morgan fingerprint density at radius 1 is 1.13 bits per heavy atom. The molecule has 1 heterocycles. The van der Waals surface area contributed by atoms with Crippen LogP contribution in [0.4, 0.5) is 0 Å². The fourth-order valence-electron chi connectivity index (χ4n) is 1.33. The second-order valence-corrected chi connectivity index (χ2v) is 6.93. The summed E-state index contributed by atoms with van der Waals surface area (Å²) in [6, 6.07) is 6.37. The quantitative estimate of drug-likeness (QED) is 0.425. The van der Waals surface area contributed by atoms with E-state index in [1.54, 1.807) is 12.1 Å². The minimum Gasteiger partial charge on any atom is -0.870 e. The Hall–Kier alpha value is 0.01000. The molecule has 4 atom stereocenters. The number of epoxide rings is 1. The van der Waals surface area contributed by atoms with E-state index in [0.717, 1.165) is 5.56 Å². The molecule has 128 valence electrons. The summed E-state index contributed by atoms with van der Waals surface area (Å²) in [5.41, 5.74) is 0.975. The van der Waals surface area contributed by atoms with Gasteiger partial charge < -0.3 is 15.3 Å². The minimum atomic E-state index is -3.78. The predicted octanol–water partition coefficient (Wildman–Crippen LogP) is -0.910. The summed E-state index contributed by atoms with van der Waals surface area (Å²) in [5, 5.41) is 9.19. The van der Waals surface area contributed by atoms with Crippen molar-refractivity contribution in [3.63, 3.8) is 0 Å². The van der Waals surface area contributed by atoms with Crippen molar-refractivity contribution < 1.29 is 57.5 Å². The van der Waals surface area contributed by atoms with Crippen molar-refractivity contribution >= 4 is 10.1 Å². The number of hydrogen-bond acceptors (Lipinski definition) is 6. The zero-order valence-electron chi connectivity index (χ0n) is 14.6. The molecule has 0 aliphatic carbocycles. The smallest absolute Gasteiger partial charge is 0.870 e. The van der Waals surface area contributed by atoms with Crippen LogP contribution >= 0.6 is 0 Å². The maximum absolute atomic E-state index is 11.7. The molecule has 2 N–H and O–H groups in total. The Morgan fingerprint density at radius 2 is 1.52 bits per heavy atom. The molecule has 1 aromatic carbocycles. The van der Waals surface area contributed by atoms with E-state index in [-0.39, 0.29) is 39.9 Å². The first-order valence-corrected chi connectivity index (χ1v) is 8.38. The predicted molar refractivity (Wildman–Crippen MR) is 82.5 cm³/mol. The molecule has 2 rings (SSSR count). The molecule has 1 saturated heterocycles. The fourth-order valence-corrected chi connectivity index (χ4v) is 2.47. The standard InChI is InChI=1S/C11H16O4S.C4H8O.Na.H2O/c1-8-4-6-11(7-5-8)16(13,14)15-10(3)9(2)12;1-3-4(2)5-3;;/h4-7,9-10,12H,1-3H3;3-4H,1-2H3;;1H2/q;;+1;/p-1/t9-,10+;3-,4-;;/m00../s1. The first kappa shape index (κ1) is 25.3. The van der Waals surface area contributed by atoms with Crippen molar-refractivity contribution in [3.8, 4) is 0 Å². The van der Waals surface area contributed by atoms with Crippen LogP contribution in [0, 0.1) is 6.92 Å². The Kier molecular flexibility index (Phi) is 11.8. The number of ether oxygens (including phenoxy) is 1. The largest absolute Gasteiger partial charge is 1.00 e. The van der Waals surface area contributed by atoms with Crippen LogP contribution < -0.4 is 29.6 Å². The van der Waals surface area contributed by atoms with Crippen LogP contribution in [0.2, 0.25) is 0 Å². The van der Waals surface area contributed by atoms with Crippen molar-refractivity contribution in [2.75, 3.05) is 0 Å². The average molecular weight is 356 g/mol. The first-order chi connectivity index (χ1) is 9.63. The van der Waals surface area contributed by atoms with Gasteiger partial charge in [-0.1, -0.05) is 17.7 Å². The maximum Gasteiger partial charge on any atom is 1.00 e. The molecule has 1 aliphatic heterocycles. The van der Waals surface area contributed by atoms with Gasteiger partial charge in [-0.3, -0.25) is 4.18 Å². The fraction of sp³-hybridized carbons (Fsp3) is 0.600. The van der Waals surface area contributed by atoms with Crippen molar-refractivity contribution in [1.82, 2.24) is 0 Å². The number of aliphatic hydroxyl groups is 1. The molecule has 0 radical (unpaired) electrons. The molecule has 1 aliphatic rings.